The zero-order chi connectivity index (χ0) is 11.1. The highest BCUT2D eigenvalue weighted by molar-refractivity contribution is 5.73. The maximum Gasteiger partial charge on any atom is 0.417 e. The minimum Gasteiger partial charge on any atom is -0.408 e. The Morgan fingerprint density at radius 1 is 1.40 bits per heavy atom. The molecule has 0 aliphatic rings. The van der Waals surface area contributed by atoms with E-state index in [-0.39, 0.29) is 5.54 Å². The molecule has 2 rings (SSSR count). The van der Waals surface area contributed by atoms with E-state index in [0.29, 0.717) is 5.58 Å². The van der Waals surface area contributed by atoms with E-state index in [2.05, 4.69) is 24.1 Å². The van der Waals surface area contributed by atoms with Crippen LogP contribution < -0.4 is 11.1 Å². The molecule has 2 aromatic rings. The van der Waals surface area contributed by atoms with Crippen LogP contribution in [-0.2, 0) is 5.54 Å². The number of aromatic amines is 1. The third kappa shape index (κ3) is 1.68. The van der Waals surface area contributed by atoms with E-state index in [1.807, 2.05) is 25.2 Å². The lowest BCUT2D eigenvalue weighted by Crippen LogP contribution is -2.32. The first-order chi connectivity index (χ1) is 7.03. The fraction of sp³-hybridized carbons (Fsp3) is 0.364. The fourth-order valence-corrected chi connectivity index (χ4v) is 1.49. The molecule has 4 nitrogen and oxygen atoms in total. The zero-order valence-corrected chi connectivity index (χ0v) is 9.05. The van der Waals surface area contributed by atoms with Crippen LogP contribution in [0.1, 0.15) is 19.4 Å². The van der Waals surface area contributed by atoms with Crippen LogP contribution in [0.2, 0.25) is 0 Å². The number of aromatic nitrogens is 1. The average Bonchev–Trinajstić information content (AvgIpc) is 2.56. The van der Waals surface area contributed by atoms with Crippen molar-refractivity contribution in [1.29, 1.82) is 0 Å². The number of fused-ring (bicyclic) bond motifs is 1. The van der Waals surface area contributed by atoms with Crippen LogP contribution >= 0.6 is 0 Å². The van der Waals surface area contributed by atoms with Gasteiger partial charge in [-0.2, -0.15) is 0 Å². The summed E-state index contributed by atoms with van der Waals surface area (Å²) in [5.74, 6) is -0.413. The van der Waals surface area contributed by atoms with Gasteiger partial charge in [0.2, 0.25) is 0 Å². The maximum absolute atomic E-state index is 11.0. The minimum atomic E-state index is -0.413. The summed E-state index contributed by atoms with van der Waals surface area (Å²) in [4.78, 5) is 13.6. The van der Waals surface area contributed by atoms with Gasteiger partial charge in [0.15, 0.2) is 5.58 Å². The predicted molar refractivity (Wildman–Crippen MR) is 58.9 cm³/mol. The van der Waals surface area contributed by atoms with Gasteiger partial charge >= 0.3 is 5.76 Å². The summed E-state index contributed by atoms with van der Waals surface area (Å²) in [5, 5.41) is 3.21. The van der Waals surface area contributed by atoms with Crippen molar-refractivity contribution in [3.05, 3.63) is 34.3 Å². The topological polar surface area (TPSA) is 58.0 Å². The van der Waals surface area contributed by atoms with Gasteiger partial charge in [-0.25, -0.2) is 4.79 Å². The first-order valence-corrected chi connectivity index (χ1v) is 4.85. The lowest BCUT2D eigenvalue weighted by molar-refractivity contribution is 0.445. The SMILES string of the molecule is CNC(C)(C)c1ccc2oc(=O)[nH]c2c1. The number of oxazole rings is 1. The smallest absolute Gasteiger partial charge is 0.408 e. The van der Waals surface area contributed by atoms with Gasteiger partial charge in [0.25, 0.3) is 0 Å². The Hall–Kier alpha value is -1.55. The van der Waals surface area contributed by atoms with E-state index in [1.165, 1.54) is 0 Å². The fourth-order valence-electron chi connectivity index (χ4n) is 1.49. The Morgan fingerprint density at radius 2 is 2.13 bits per heavy atom. The van der Waals surface area contributed by atoms with Crippen LogP contribution in [-0.4, -0.2) is 12.0 Å². The van der Waals surface area contributed by atoms with Gasteiger partial charge in [-0.3, -0.25) is 4.98 Å². The highest BCUT2D eigenvalue weighted by atomic mass is 16.4. The zero-order valence-electron chi connectivity index (χ0n) is 9.05. The second-order valence-electron chi connectivity index (χ2n) is 4.10. The summed E-state index contributed by atoms with van der Waals surface area (Å²) < 4.78 is 4.94. The maximum atomic E-state index is 11.0. The lowest BCUT2D eigenvalue weighted by Gasteiger charge is -2.24. The normalized spacial score (nSPS) is 12.2. The van der Waals surface area contributed by atoms with Crippen LogP contribution in [0.15, 0.2) is 27.4 Å². The third-order valence-electron chi connectivity index (χ3n) is 2.77. The Balaban J connectivity index is 2.60. The number of rotatable bonds is 2. The van der Waals surface area contributed by atoms with Crippen LogP contribution in [0.3, 0.4) is 0 Å². The monoisotopic (exact) mass is 206 g/mol. The molecule has 0 radical (unpaired) electrons. The summed E-state index contributed by atoms with van der Waals surface area (Å²) >= 11 is 0. The summed E-state index contributed by atoms with van der Waals surface area (Å²) in [6, 6.07) is 5.69. The molecular weight excluding hydrogens is 192 g/mol. The highest BCUT2D eigenvalue weighted by Gasteiger charge is 2.18. The van der Waals surface area contributed by atoms with E-state index in [0.717, 1.165) is 11.1 Å². The van der Waals surface area contributed by atoms with E-state index in [1.54, 1.807) is 0 Å². The molecule has 1 aromatic heterocycles. The number of benzene rings is 1. The molecule has 0 unspecified atom stereocenters. The number of H-pyrrole nitrogens is 1. The number of nitrogens with one attached hydrogen (secondary N) is 2. The van der Waals surface area contributed by atoms with E-state index >= 15 is 0 Å². The molecule has 0 fully saturated rings. The van der Waals surface area contributed by atoms with Gasteiger partial charge in [-0.05, 0) is 38.6 Å². The van der Waals surface area contributed by atoms with Crippen LogP contribution in [0.4, 0.5) is 0 Å². The number of hydrogen-bond acceptors (Lipinski definition) is 3. The molecule has 4 heteroatoms. The molecule has 15 heavy (non-hydrogen) atoms. The van der Waals surface area contributed by atoms with Crippen molar-refractivity contribution in [2.45, 2.75) is 19.4 Å². The number of hydrogen-bond donors (Lipinski definition) is 2. The van der Waals surface area contributed by atoms with E-state index in [4.69, 9.17) is 4.42 Å². The molecule has 0 spiro atoms. The summed E-state index contributed by atoms with van der Waals surface area (Å²) in [6.07, 6.45) is 0. The summed E-state index contributed by atoms with van der Waals surface area (Å²) in [5.41, 5.74) is 2.31. The largest absolute Gasteiger partial charge is 0.417 e. The van der Waals surface area contributed by atoms with Crippen molar-refractivity contribution in [3.63, 3.8) is 0 Å². The Bertz CT molecular complexity index is 537. The van der Waals surface area contributed by atoms with E-state index < -0.39 is 5.76 Å². The van der Waals surface area contributed by atoms with Crippen molar-refractivity contribution >= 4 is 11.1 Å². The molecule has 1 heterocycles. The minimum absolute atomic E-state index is 0.123. The Morgan fingerprint density at radius 3 is 2.80 bits per heavy atom. The Labute approximate surface area is 87.3 Å². The van der Waals surface area contributed by atoms with Gasteiger partial charge in [0, 0.05) is 5.54 Å². The molecule has 0 atom stereocenters. The summed E-state index contributed by atoms with van der Waals surface area (Å²) in [7, 11) is 1.91. The van der Waals surface area contributed by atoms with Crippen molar-refractivity contribution in [2.24, 2.45) is 0 Å². The average molecular weight is 206 g/mol. The van der Waals surface area contributed by atoms with Gasteiger partial charge in [-0.15, -0.1) is 0 Å². The van der Waals surface area contributed by atoms with E-state index in [9.17, 15) is 4.79 Å². The van der Waals surface area contributed by atoms with Crippen LogP contribution in [0.25, 0.3) is 11.1 Å². The molecular formula is C11H14N2O2. The predicted octanol–water partition coefficient (Wildman–Crippen LogP) is 1.58. The van der Waals surface area contributed by atoms with Crippen molar-refractivity contribution in [1.82, 2.24) is 10.3 Å². The standard InChI is InChI=1S/C11H14N2O2/c1-11(2,12-3)7-4-5-9-8(6-7)13-10(14)15-9/h4-6,12H,1-3H3,(H,13,14). The van der Waals surface area contributed by atoms with Gasteiger partial charge in [-0.1, -0.05) is 6.07 Å². The van der Waals surface area contributed by atoms with Crippen molar-refractivity contribution in [2.75, 3.05) is 7.05 Å². The first kappa shape index (κ1) is 9.98. The molecule has 0 saturated carbocycles. The summed E-state index contributed by atoms with van der Waals surface area (Å²) in [6.45, 7) is 4.15. The lowest BCUT2D eigenvalue weighted by atomic mass is 9.94. The molecule has 1 aromatic carbocycles. The highest BCUT2D eigenvalue weighted by Crippen LogP contribution is 2.22. The molecule has 80 valence electrons. The van der Waals surface area contributed by atoms with Gasteiger partial charge in [0.1, 0.15) is 0 Å². The molecule has 0 amide bonds. The van der Waals surface area contributed by atoms with Gasteiger partial charge < -0.3 is 9.73 Å². The molecule has 0 aliphatic heterocycles. The quantitative estimate of drug-likeness (QED) is 0.784. The van der Waals surface area contributed by atoms with Crippen molar-refractivity contribution in [3.8, 4) is 0 Å². The Kier molecular flexibility index (Phi) is 2.16. The van der Waals surface area contributed by atoms with Crippen molar-refractivity contribution < 1.29 is 4.42 Å². The molecule has 0 aliphatic carbocycles. The molecule has 0 bridgehead atoms. The van der Waals surface area contributed by atoms with Gasteiger partial charge in [0.05, 0.1) is 5.52 Å². The van der Waals surface area contributed by atoms with Crippen LogP contribution in [0.5, 0.6) is 0 Å². The second kappa shape index (κ2) is 3.24. The molecule has 2 N–H and O–H groups in total. The second-order valence-corrected chi connectivity index (χ2v) is 4.10. The molecule has 0 saturated heterocycles. The first-order valence-electron chi connectivity index (χ1n) is 4.85. The van der Waals surface area contributed by atoms with Crippen LogP contribution in [0, 0.1) is 0 Å². The third-order valence-corrected chi connectivity index (χ3v) is 2.77.